The molecule has 21 heavy (non-hydrogen) atoms. The molecule has 0 aromatic carbocycles. The molecule has 2 fully saturated rings. The van der Waals surface area contributed by atoms with Gasteiger partial charge in [0.15, 0.2) is 0 Å². The van der Waals surface area contributed by atoms with Crippen LogP contribution in [0, 0.1) is 0 Å². The molecule has 1 aliphatic carbocycles. The summed E-state index contributed by atoms with van der Waals surface area (Å²) in [6.45, 7) is 5.70. The largest absolute Gasteiger partial charge is 0.444 e. The van der Waals surface area contributed by atoms with E-state index in [0.29, 0.717) is 0 Å². The first kappa shape index (κ1) is 13.5. The Morgan fingerprint density at radius 1 is 1.24 bits per heavy atom. The van der Waals surface area contributed by atoms with Gasteiger partial charge in [0, 0.05) is 25.7 Å². The lowest BCUT2D eigenvalue weighted by molar-refractivity contribution is 0.244. The van der Waals surface area contributed by atoms with Crippen LogP contribution >= 0.6 is 11.3 Å². The molecule has 2 aliphatic rings. The fourth-order valence-electron chi connectivity index (χ4n) is 3.08. The van der Waals surface area contributed by atoms with Crippen molar-refractivity contribution in [3.8, 4) is 10.8 Å². The zero-order valence-electron chi connectivity index (χ0n) is 12.2. The first-order valence-corrected chi connectivity index (χ1v) is 8.71. The summed E-state index contributed by atoms with van der Waals surface area (Å²) in [4.78, 5) is 10.9. The molecule has 112 valence electrons. The van der Waals surface area contributed by atoms with Crippen LogP contribution in [0.15, 0.2) is 28.2 Å². The Labute approximate surface area is 129 Å². The summed E-state index contributed by atoms with van der Waals surface area (Å²) in [6, 6.07) is 4.98. The molecule has 1 saturated heterocycles. The van der Waals surface area contributed by atoms with Crippen LogP contribution < -0.4 is 0 Å². The van der Waals surface area contributed by atoms with Crippen molar-refractivity contribution < 1.29 is 4.42 Å². The third-order valence-corrected chi connectivity index (χ3v) is 5.21. The Morgan fingerprint density at radius 3 is 3.00 bits per heavy atom. The number of hydrogen-bond donors (Lipinski definition) is 0. The molecule has 5 heteroatoms. The highest BCUT2D eigenvalue weighted by Gasteiger charge is 2.30. The van der Waals surface area contributed by atoms with E-state index in [-0.39, 0.29) is 0 Å². The van der Waals surface area contributed by atoms with E-state index in [2.05, 4.69) is 26.2 Å². The molecule has 0 radical (unpaired) electrons. The van der Waals surface area contributed by atoms with E-state index in [0.717, 1.165) is 35.6 Å². The van der Waals surface area contributed by atoms with Crippen molar-refractivity contribution in [3.05, 3.63) is 29.5 Å². The van der Waals surface area contributed by atoms with Crippen LogP contribution in [0.2, 0.25) is 0 Å². The Morgan fingerprint density at radius 2 is 2.19 bits per heavy atom. The minimum atomic E-state index is 0.759. The number of aromatic nitrogens is 1. The van der Waals surface area contributed by atoms with Gasteiger partial charge >= 0.3 is 0 Å². The van der Waals surface area contributed by atoms with Gasteiger partial charge < -0.3 is 4.42 Å². The molecule has 4 nitrogen and oxygen atoms in total. The normalized spacial score (nSPS) is 21.5. The monoisotopic (exact) mass is 303 g/mol. The van der Waals surface area contributed by atoms with Gasteiger partial charge in [-0.3, -0.25) is 9.80 Å². The molecule has 1 aliphatic heterocycles. The third kappa shape index (κ3) is 3.20. The van der Waals surface area contributed by atoms with Gasteiger partial charge in [-0.2, -0.15) is 0 Å². The number of nitrogens with zero attached hydrogens (tertiary/aromatic N) is 3. The standard InChI is InChI=1S/C16H21N3OS/c1-3-15(21-10-1)16-17-13(12-20-16)11-18-6-2-7-19(9-8-18)14-4-5-14/h1,3,10,12,14H,2,4-9,11H2. The topological polar surface area (TPSA) is 32.5 Å². The summed E-state index contributed by atoms with van der Waals surface area (Å²) in [5, 5.41) is 2.06. The lowest BCUT2D eigenvalue weighted by Gasteiger charge is -2.20. The first-order chi connectivity index (χ1) is 10.4. The molecule has 2 aromatic rings. The summed E-state index contributed by atoms with van der Waals surface area (Å²) < 4.78 is 5.61. The molecule has 0 unspecified atom stereocenters. The van der Waals surface area contributed by atoms with E-state index < -0.39 is 0 Å². The number of hydrogen-bond acceptors (Lipinski definition) is 5. The minimum absolute atomic E-state index is 0.759. The second kappa shape index (κ2) is 5.91. The lowest BCUT2D eigenvalue weighted by atomic mass is 10.3. The average molecular weight is 303 g/mol. The molecule has 2 aromatic heterocycles. The number of oxazole rings is 1. The summed E-state index contributed by atoms with van der Waals surface area (Å²) in [5.74, 6) is 0.759. The van der Waals surface area contributed by atoms with Gasteiger partial charge in [0.25, 0.3) is 0 Å². The maximum Gasteiger partial charge on any atom is 0.236 e. The first-order valence-electron chi connectivity index (χ1n) is 7.83. The van der Waals surface area contributed by atoms with Crippen LogP contribution in [0.4, 0.5) is 0 Å². The molecular weight excluding hydrogens is 282 g/mol. The predicted octanol–water partition coefficient (Wildman–Crippen LogP) is 3.07. The summed E-state index contributed by atoms with van der Waals surface area (Å²) in [6.07, 6.45) is 5.91. The van der Waals surface area contributed by atoms with Gasteiger partial charge in [0.2, 0.25) is 5.89 Å². The Balaban J connectivity index is 1.37. The predicted molar refractivity (Wildman–Crippen MR) is 84.3 cm³/mol. The van der Waals surface area contributed by atoms with Crippen molar-refractivity contribution in [2.24, 2.45) is 0 Å². The van der Waals surface area contributed by atoms with Gasteiger partial charge in [0.05, 0.1) is 10.6 Å². The molecule has 0 spiro atoms. The average Bonchev–Trinajstić information content (AvgIpc) is 3.06. The highest BCUT2D eigenvalue weighted by molar-refractivity contribution is 7.13. The molecule has 0 amide bonds. The summed E-state index contributed by atoms with van der Waals surface area (Å²) in [5.41, 5.74) is 1.05. The second-order valence-electron chi connectivity index (χ2n) is 6.02. The number of rotatable bonds is 4. The summed E-state index contributed by atoms with van der Waals surface area (Å²) >= 11 is 1.67. The molecular formula is C16H21N3OS. The highest BCUT2D eigenvalue weighted by atomic mass is 32.1. The fourth-order valence-corrected chi connectivity index (χ4v) is 3.73. The highest BCUT2D eigenvalue weighted by Crippen LogP contribution is 2.28. The third-order valence-electron chi connectivity index (χ3n) is 4.36. The van der Waals surface area contributed by atoms with Crippen molar-refractivity contribution in [1.82, 2.24) is 14.8 Å². The van der Waals surface area contributed by atoms with Gasteiger partial charge in [-0.05, 0) is 43.8 Å². The van der Waals surface area contributed by atoms with Crippen LogP contribution in [0.3, 0.4) is 0 Å². The fraction of sp³-hybridized carbons (Fsp3) is 0.562. The van der Waals surface area contributed by atoms with Crippen LogP contribution in [0.5, 0.6) is 0 Å². The number of thiophene rings is 1. The lowest BCUT2D eigenvalue weighted by Crippen LogP contribution is -2.31. The zero-order valence-corrected chi connectivity index (χ0v) is 13.0. The Bertz CT molecular complexity index is 576. The van der Waals surface area contributed by atoms with E-state index in [1.807, 2.05) is 12.3 Å². The van der Waals surface area contributed by atoms with Crippen LogP contribution in [0.1, 0.15) is 25.0 Å². The van der Waals surface area contributed by atoms with Gasteiger partial charge in [-0.15, -0.1) is 11.3 Å². The van der Waals surface area contributed by atoms with E-state index in [1.165, 1.54) is 38.9 Å². The maximum atomic E-state index is 5.61. The quantitative estimate of drug-likeness (QED) is 0.869. The van der Waals surface area contributed by atoms with E-state index >= 15 is 0 Å². The summed E-state index contributed by atoms with van der Waals surface area (Å²) in [7, 11) is 0. The van der Waals surface area contributed by atoms with Crippen molar-refractivity contribution in [3.63, 3.8) is 0 Å². The van der Waals surface area contributed by atoms with Gasteiger partial charge in [-0.25, -0.2) is 4.98 Å². The maximum absolute atomic E-state index is 5.61. The SMILES string of the molecule is c1csc(-c2nc(CN3CCCN(C4CC4)CC3)co2)c1. The zero-order chi connectivity index (χ0) is 14.1. The van der Waals surface area contributed by atoms with Crippen LogP contribution in [-0.4, -0.2) is 47.0 Å². The van der Waals surface area contributed by atoms with Crippen molar-refractivity contribution >= 4 is 11.3 Å². The molecule has 4 rings (SSSR count). The Hall–Kier alpha value is -1.17. The van der Waals surface area contributed by atoms with Crippen molar-refractivity contribution in [1.29, 1.82) is 0 Å². The molecule has 0 N–H and O–H groups in total. The molecule has 0 atom stereocenters. The van der Waals surface area contributed by atoms with Crippen LogP contribution in [0.25, 0.3) is 10.8 Å². The van der Waals surface area contributed by atoms with Gasteiger partial charge in [0.1, 0.15) is 6.26 Å². The smallest absolute Gasteiger partial charge is 0.236 e. The second-order valence-corrected chi connectivity index (χ2v) is 6.97. The van der Waals surface area contributed by atoms with E-state index in [1.54, 1.807) is 11.3 Å². The van der Waals surface area contributed by atoms with E-state index in [4.69, 9.17) is 4.42 Å². The minimum Gasteiger partial charge on any atom is -0.444 e. The molecule has 0 bridgehead atoms. The molecule has 1 saturated carbocycles. The van der Waals surface area contributed by atoms with Gasteiger partial charge in [-0.1, -0.05) is 6.07 Å². The molecule has 3 heterocycles. The van der Waals surface area contributed by atoms with Crippen molar-refractivity contribution in [2.75, 3.05) is 26.2 Å². The van der Waals surface area contributed by atoms with E-state index in [9.17, 15) is 0 Å². The van der Waals surface area contributed by atoms with Crippen LogP contribution in [-0.2, 0) is 6.54 Å². The van der Waals surface area contributed by atoms with Crippen molar-refractivity contribution in [2.45, 2.75) is 31.8 Å². The Kier molecular flexibility index (Phi) is 3.80.